The van der Waals surface area contributed by atoms with E-state index in [0.717, 1.165) is 12.8 Å². The van der Waals surface area contributed by atoms with Crippen LogP contribution < -0.4 is 5.32 Å². The van der Waals surface area contributed by atoms with Gasteiger partial charge in [0, 0.05) is 20.1 Å². The second-order valence-electron chi connectivity index (χ2n) is 4.76. The first-order valence-electron chi connectivity index (χ1n) is 6.86. The van der Waals surface area contributed by atoms with Gasteiger partial charge in [0.15, 0.2) is 0 Å². The van der Waals surface area contributed by atoms with Crippen molar-refractivity contribution in [3.05, 3.63) is 11.6 Å². The van der Waals surface area contributed by atoms with E-state index in [-0.39, 0.29) is 17.9 Å². The summed E-state index contributed by atoms with van der Waals surface area (Å²) in [7, 11) is 1.62. The summed E-state index contributed by atoms with van der Waals surface area (Å²) in [5.74, 6) is -0.390. The van der Waals surface area contributed by atoms with E-state index < -0.39 is 0 Å². The summed E-state index contributed by atoms with van der Waals surface area (Å²) in [6.07, 6.45) is 5.10. The molecule has 5 nitrogen and oxygen atoms in total. The highest BCUT2D eigenvalue weighted by atomic mass is 16.5. The van der Waals surface area contributed by atoms with Gasteiger partial charge >= 0.3 is 0 Å². The molecule has 1 aliphatic rings. The molecule has 5 heteroatoms. The number of methoxy groups -OCH3 is 1. The number of carbonyl (C=O) groups excluding carboxylic acids is 2. The van der Waals surface area contributed by atoms with Crippen LogP contribution in [0.1, 0.15) is 39.5 Å². The van der Waals surface area contributed by atoms with Crippen molar-refractivity contribution in [3.8, 4) is 0 Å². The molecule has 19 heavy (non-hydrogen) atoms. The van der Waals surface area contributed by atoms with E-state index >= 15 is 0 Å². The van der Waals surface area contributed by atoms with Gasteiger partial charge in [0.05, 0.1) is 12.8 Å². The molecule has 0 aromatic carbocycles. The zero-order valence-electron chi connectivity index (χ0n) is 12.1. The lowest BCUT2D eigenvalue weighted by Gasteiger charge is -2.32. The van der Waals surface area contributed by atoms with Crippen molar-refractivity contribution < 1.29 is 14.3 Å². The Bertz CT molecular complexity index is 353. The van der Waals surface area contributed by atoms with Crippen molar-refractivity contribution in [2.24, 2.45) is 0 Å². The molecular weight excluding hydrogens is 244 g/mol. The first-order chi connectivity index (χ1) is 9.12. The highest BCUT2D eigenvalue weighted by Gasteiger charge is 2.31. The average molecular weight is 268 g/mol. The molecule has 1 N–H and O–H groups in total. The molecule has 0 unspecified atom stereocenters. The van der Waals surface area contributed by atoms with E-state index in [4.69, 9.17) is 4.74 Å². The van der Waals surface area contributed by atoms with Crippen LogP contribution in [0.25, 0.3) is 0 Å². The van der Waals surface area contributed by atoms with Crippen LogP contribution in [0, 0.1) is 0 Å². The van der Waals surface area contributed by atoms with Gasteiger partial charge in [-0.05, 0) is 19.3 Å². The Hall–Kier alpha value is -1.20. The molecule has 0 spiro atoms. The summed E-state index contributed by atoms with van der Waals surface area (Å²) >= 11 is 0. The highest BCUT2D eigenvalue weighted by Crippen LogP contribution is 2.15. The van der Waals surface area contributed by atoms with Crippen molar-refractivity contribution in [1.82, 2.24) is 10.2 Å². The molecule has 0 bridgehead atoms. The zero-order chi connectivity index (χ0) is 14.3. The molecule has 1 rings (SSSR count). The Kier molecular flexibility index (Phi) is 6.73. The number of hydrogen-bond donors (Lipinski definition) is 1. The molecule has 1 saturated heterocycles. The third-order valence-electron chi connectivity index (χ3n) is 3.30. The van der Waals surface area contributed by atoms with Crippen molar-refractivity contribution in [1.29, 1.82) is 0 Å². The number of carbonyl (C=O) groups is 2. The third kappa shape index (κ3) is 4.76. The number of hydrogen-bond acceptors (Lipinski definition) is 4. The minimum absolute atomic E-state index is 0.182. The van der Waals surface area contributed by atoms with E-state index in [9.17, 15) is 9.59 Å². The molecule has 0 aromatic rings. The number of piperidine rings is 1. The maximum atomic E-state index is 11.9. The minimum atomic E-state index is -0.274. The Balaban J connectivity index is 2.73. The molecule has 0 aromatic heterocycles. The number of allylic oxidation sites excluding steroid dienone is 1. The molecular formula is C14H24N2O3. The fraction of sp³-hybridized carbons (Fsp3) is 0.714. The minimum Gasteiger partial charge on any atom is -0.369 e. The normalized spacial score (nSPS) is 20.8. The van der Waals surface area contributed by atoms with Crippen LogP contribution in [-0.4, -0.2) is 43.1 Å². The topological polar surface area (TPSA) is 58.6 Å². The van der Waals surface area contributed by atoms with Crippen LogP contribution in [0.15, 0.2) is 11.6 Å². The lowest BCUT2D eigenvalue weighted by molar-refractivity contribution is -0.139. The lowest BCUT2D eigenvalue weighted by atomic mass is 10.0. The summed E-state index contributed by atoms with van der Waals surface area (Å²) in [5.41, 5.74) is 1.30. The SMILES string of the molecule is CC/C=C(\CC)CN(COC)[C@@H]1CCC(=O)NC1=O. The fourth-order valence-electron chi connectivity index (χ4n) is 2.31. The van der Waals surface area contributed by atoms with Gasteiger partial charge in [-0.1, -0.05) is 25.5 Å². The van der Waals surface area contributed by atoms with Crippen LogP contribution >= 0.6 is 0 Å². The third-order valence-corrected chi connectivity index (χ3v) is 3.30. The number of rotatable bonds is 7. The Morgan fingerprint density at radius 1 is 1.47 bits per heavy atom. The Morgan fingerprint density at radius 3 is 2.74 bits per heavy atom. The van der Waals surface area contributed by atoms with Crippen molar-refractivity contribution in [2.75, 3.05) is 20.4 Å². The molecule has 108 valence electrons. The van der Waals surface area contributed by atoms with E-state index in [0.29, 0.717) is 26.1 Å². The van der Waals surface area contributed by atoms with Gasteiger partial charge in [0.25, 0.3) is 0 Å². The van der Waals surface area contributed by atoms with Gasteiger partial charge in [0.1, 0.15) is 0 Å². The standard InChI is InChI=1S/C14H24N2O3/c1-4-6-11(5-2)9-16(10-19-3)12-7-8-13(17)15-14(12)18/h6,12H,4-5,7-10H2,1-3H3,(H,15,17,18)/b11-6+/t12-/m1/s1. The van der Waals surface area contributed by atoms with Crippen LogP contribution in [0.4, 0.5) is 0 Å². The van der Waals surface area contributed by atoms with Gasteiger partial charge in [-0.15, -0.1) is 0 Å². The lowest BCUT2D eigenvalue weighted by Crippen LogP contribution is -2.53. The molecule has 1 aliphatic heterocycles. The molecule has 1 heterocycles. The molecule has 1 atom stereocenters. The predicted molar refractivity (Wildman–Crippen MR) is 73.4 cm³/mol. The van der Waals surface area contributed by atoms with Crippen molar-refractivity contribution in [3.63, 3.8) is 0 Å². The quantitative estimate of drug-likeness (QED) is 0.431. The van der Waals surface area contributed by atoms with E-state index in [1.54, 1.807) is 7.11 Å². The van der Waals surface area contributed by atoms with Gasteiger partial charge in [-0.3, -0.25) is 19.8 Å². The van der Waals surface area contributed by atoms with E-state index in [1.807, 2.05) is 4.90 Å². The monoisotopic (exact) mass is 268 g/mol. The molecule has 0 aliphatic carbocycles. The summed E-state index contributed by atoms with van der Waals surface area (Å²) in [6.45, 7) is 5.32. The second-order valence-corrected chi connectivity index (χ2v) is 4.76. The number of ether oxygens (including phenoxy) is 1. The van der Waals surface area contributed by atoms with E-state index in [2.05, 4.69) is 25.2 Å². The number of nitrogens with one attached hydrogen (secondary N) is 1. The summed E-state index contributed by atoms with van der Waals surface area (Å²) in [5, 5.41) is 2.40. The van der Waals surface area contributed by atoms with Crippen molar-refractivity contribution in [2.45, 2.75) is 45.6 Å². The van der Waals surface area contributed by atoms with Gasteiger partial charge < -0.3 is 4.74 Å². The number of amides is 2. The average Bonchev–Trinajstić information content (AvgIpc) is 2.37. The van der Waals surface area contributed by atoms with Crippen LogP contribution in [0.2, 0.25) is 0 Å². The number of imide groups is 1. The Labute approximate surface area is 115 Å². The van der Waals surface area contributed by atoms with Gasteiger partial charge in [-0.2, -0.15) is 0 Å². The largest absolute Gasteiger partial charge is 0.369 e. The maximum absolute atomic E-state index is 11.9. The number of nitrogens with zero attached hydrogens (tertiary/aromatic N) is 1. The highest BCUT2D eigenvalue weighted by molar-refractivity contribution is 6.00. The predicted octanol–water partition coefficient (Wildman–Crippen LogP) is 1.44. The first-order valence-corrected chi connectivity index (χ1v) is 6.86. The van der Waals surface area contributed by atoms with Crippen LogP contribution in [0.5, 0.6) is 0 Å². The molecule has 0 saturated carbocycles. The molecule has 2 amide bonds. The van der Waals surface area contributed by atoms with Gasteiger partial charge in [0.2, 0.25) is 11.8 Å². The van der Waals surface area contributed by atoms with Crippen LogP contribution in [-0.2, 0) is 14.3 Å². The smallest absolute Gasteiger partial charge is 0.243 e. The maximum Gasteiger partial charge on any atom is 0.243 e. The van der Waals surface area contributed by atoms with E-state index in [1.165, 1.54) is 5.57 Å². The zero-order valence-corrected chi connectivity index (χ0v) is 12.1. The van der Waals surface area contributed by atoms with Crippen LogP contribution in [0.3, 0.4) is 0 Å². The summed E-state index contributed by atoms with van der Waals surface area (Å²) in [6, 6.07) is -0.274. The second kappa shape index (κ2) is 8.07. The molecule has 0 radical (unpaired) electrons. The summed E-state index contributed by atoms with van der Waals surface area (Å²) < 4.78 is 5.19. The van der Waals surface area contributed by atoms with Gasteiger partial charge in [-0.25, -0.2) is 0 Å². The Morgan fingerprint density at radius 2 is 2.21 bits per heavy atom. The fourth-order valence-corrected chi connectivity index (χ4v) is 2.31. The first kappa shape index (κ1) is 15.9. The van der Waals surface area contributed by atoms with Crippen molar-refractivity contribution >= 4 is 11.8 Å². The summed E-state index contributed by atoms with van der Waals surface area (Å²) in [4.78, 5) is 25.1. The molecule has 1 fully saturated rings.